The average molecular weight is 251 g/mol. The van der Waals surface area contributed by atoms with Gasteiger partial charge < -0.3 is 14.4 Å². The Balaban J connectivity index is 2.24. The average Bonchev–Trinajstić information content (AvgIpc) is 2.85. The molecule has 5 heteroatoms. The second-order valence-corrected chi connectivity index (χ2v) is 4.93. The molecule has 2 rings (SSSR count). The summed E-state index contributed by atoms with van der Waals surface area (Å²) >= 11 is 0. The fraction of sp³-hybridized carbons (Fsp3) is 0.538. The van der Waals surface area contributed by atoms with Crippen LogP contribution in [-0.2, 0) is 11.2 Å². The summed E-state index contributed by atoms with van der Waals surface area (Å²) in [5.41, 5.74) is 1.13. The number of carboxylic acids is 1. The summed E-state index contributed by atoms with van der Waals surface area (Å²) in [6, 6.07) is 0. The summed E-state index contributed by atoms with van der Waals surface area (Å²) in [7, 11) is 0. The minimum atomic E-state index is -0.992. The minimum Gasteiger partial charge on any atom is -0.481 e. The van der Waals surface area contributed by atoms with Gasteiger partial charge in [-0.2, -0.15) is 0 Å². The van der Waals surface area contributed by atoms with Crippen LogP contribution in [0.5, 0.6) is 0 Å². The van der Waals surface area contributed by atoms with Gasteiger partial charge in [0.2, 0.25) is 0 Å². The van der Waals surface area contributed by atoms with Crippen LogP contribution >= 0.6 is 0 Å². The topological polar surface area (TPSA) is 70.7 Å². The van der Waals surface area contributed by atoms with Crippen LogP contribution in [0.25, 0.3) is 0 Å². The number of rotatable bonds is 3. The van der Waals surface area contributed by atoms with Crippen molar-refractivity contribution in [2.24, 2.45) is 5.92 Å². The SMILES string of the molecule is Cc1coc(CC(=O)O)c1C(=O)N1CCC(C)C1. The quantitative estimate of drug-likeness (QED) is 0.887. The van der Waals surface area contributed by atoms with Crippen LogP contribution < -0.4 is 0 Å². The molecule has 1 amide bonds. The van der Waals surface area contributed by atoms with E-state index in [0.29, 0.717) is 17.0 Å². The van der Waals surface area contributed by atoms with Crippen molar-refractivity contribution in [3.63, 3.8) is 0 Å². The number of hydrogen-bond donors (Lipinski definition) is 1. The second kappa shape index (κ2) is 4.84. The number of hydrogen-bond acceptors (Lipinski definition) is 3. The third-order valence-electron chi connectivity index (χ3n) is 3.29. The third kappa shape index (κ3) is 2.39. The van der Waals surface area contributed by atoms with Gasteiger partial charge in [-0.25, -0.2) is 0 Å². The standard InChI is InChI=1S/C13H17NO4/c1-8-3-4-14(6-8)13(17)12-9(2)7-18-10(12)5-11(15)16/h7-8H,3-6H2,1-2H3,(H,15,16). The van der Waals surface area contributed by atoms with E-state index in [4.69, 9.17) is 9.52 Å². The highest BCUT2D eigenvalue weighted by atomic mass is 16.4. The first kappa shape index (κ1) is 12.7. The summed E-state index contributed by atoms with van der Waals surface area (Å²) in [6.45, 7) is 5.34. The number of carboxylic acid groups (broad SMARTS) is 1. The highest BCUT2D eigenvalue weighted by Crippen LogP contribution is 2.23. The Morgan fingerprint density at radius 3 is 2.83 bits per heavy atom. The molecular formula is C13H17NO4. The molecule has 18 heavy (non-hydrogen) atoms. The van der Waals surface area contributed by atoms with Crippen molar-refractivity contribution in [1.82, 2.24) is 4.90 Å². The van der Waals surface area contributed by atoms with Crippen LogP contribution in [0.2, 0.25) is 0 Å². The molecule has 1 unspecified atom stereocenters. The lowest BCUT2D eigenvalue weighted by atomic mass is 10.1. The van der Waals surface area contributed by atoms with Gasteiger partial charge in [0.1, 0.15) is 12.2 Å². The number of carbonyl (C=O) groups excluding carboxylic acids is 1. The molecule has 0 aromatic carbocycles. The molecule has 1 aromatic heterocycles. The normalized spacial score (nSPS) is 19.2. The molecule has 1 saturated heterocycles. The summed E-state index contributed by atoms with van der Waals surface area (Å²) in [4.78, 5) is 24.9. The van der Waals surface area contributed by atoms with Gasteiger partial charge in [0, 0.05) is 18.7 Å². The Morgan fingerprint density at radius 1 is 1.56 bits per heavy atom. The molecule has 5 nitrogen and oxygen atoms in total. The first-order chi connectivity index (χ1) is 8.49. The van der Waals surface area contributed by atoms with Crippen molar-refractivity contribution in [2.75, 3.05) is 13.1 Å². The number of nitrogens with zero attached hydrogens (tertiary/aromatic N) is 1. The third-order valence-corrected chi connectivity index (χ3v) is 3.29. The van der Waals surface area contributed by atoms with E-state index in [9.17, 15) is 9.59 Å². The molecule has 98 valence electrons. The predicted octanol–water partition coefficient (Wildman–Crippen LogP) is 1.70. The fourth-order valence-corrected chi connectivity index (χ4v) is 2.33. The zero-order chi connectivity index (χ0) is 13.3. The van der Waals surface area contributed by atoms with E-state index in [-0.39, 0.29) is 18.1 Å². The van der Waals surface area contributed by atoms with E-state index in [1.807, 2.05) is 0 Å². The number of likely N-dealkylation sites (tertiary alicyclic amines) is 1. The molecule has 1 fully saturated rings. The Labute approximate surface area is 105 Å². The van der Waals surface area contributed by atoms with E-state index in [1.165, 1.54) is 6.26 Å². The van der Waals surface area contributed by atoms with E-state index in [2.05, 4.69) is 6.92 Å². The highest BCUT2D eigenvalue weighted by molar-refractivity contribution is 5.97. The largest absolute Gasteiger partial charge is 0.481 e. The van der Waals surface area contributed by atoms with Gasteiger partial charge in [-0.15, -0.1) is 0 Å². The van der Waals surface area contributed by atoms with Crippen molar-refractivity contribution in [1.29, 1.82) is 0 Å². The monoisotopic (exact) mass is 251 g/mol. The van der Waals surface area contributed by atoms with Crippen LogP contribution in [0.4, 0.5) is 0 Å². The van der Waals surface area contributed by atoms with E-state index >= 15 is 0 Å². The number of aryl methyl sites for hydroxylation is 1. The van der Waals surface area contributed by atoms with E-state index in [1.54, 1.807) is 11.8 Å². The zero-order valence-electron chi connectivity index (χ0n) is 10.6. The molecule has 0 saturated carbocycles. The van der Waals surface area contributed by atoms with Crippen LogP contribution in [-0.4, -0.2) is 35.0 Å². The fourth-order valence-electron chi connectivity index (χ4n) is 2.33. The highest BCUT2D eigenvalue weighted by Gasteiger charge is 2.29. The molecule has 1 aliphatic rings. The Morgan fingerprint density at radius 2 is 2.28 bits per heavy atom. The van der Waals surface area contributed by atoms with Crippen LogP contribution in [0, 0.1) is 12.8 Å². The maximum Gasteiger partial charge on any atom is 0.311 e. The van der Waals surface area contributed by atoms with E-state index < -0.39 is 5.97 Å². The lowest BCUT2D eigenvalue weighted by Gasteiger charge is -2.16. The first-order valence-electron chi connectivity index (χ1n) is 6.07. The Hall–Kier alpha value is -1.78. The van der Waals surface area contributed by atoms with Gasteiger partial charge >= 0.3 is 5.97 Å². The molecule has 1 atom stereocenters. The number of aliphatic carboxylic acids is 1. The maximum absolute atomic E-state index is 12.3. The van der Waals surface area contributed by atoms with Crippen molar-refractivity contribution in [3.05, 3.63) is 23.2 Å². The molecule has 0 radical (unpaired) electrons. The lowest BCUT2D eigenvalue weighted by molar-refractivity contribution is -0.136. The summed E-state index contributed by atoms with van der Waals surface area (Å²) < 4.78 is 5.19. The molecule has 0 aliphatic carbocycles. The van der Waals surface area contributed by atoms with Gasteiger partial charge in [-0.3, -0.25) is 9.59 Å². The number of carbonyl (C=O) groups is 2. The molecule has 0 bridgehead atoms. The van der Waals surface area contributed by atoms with Crippen LogP contribution in [0.1, 0.15) is 35.0 Å². The van der Waals surface area contributed by atoms with Crippen molar-refractivity contribution in [3.8, 4) is 0 Å². The van der Waals surface area contributed by atoms with E-state index in [0.717, 1.165) is 19.5 Å². The first-order valence-corrected chi connectivity index (χ1v) is 6.07. The smallest absolute Gasteiger partial charge is 0.311 e. The summed E-state index contributed by atoms with van der Waals surface area (Å²) in [5.74, 6) is -0.344. The Bertz CT molecular complexity index is 477. The van der Waals surface area contributed by atoms with Crippen molar-refractivity contribution < 1.29 is 19.1 Å². The Kier molecular flexibility index (Phi) is 3.41. The zero-order valence-corrected chi connectivity index (χ0v) is 10.6. The van der Waals surface area contributed by atoms with Crippen molar-refractivity contribution >= 4 is 11.9 Å². The number of furan rings is 1. The predicted molar refractivity (Wildman–Crippen MR) is 64.5 cm³/mol. The van der Waals surface area contributed by atoms with Gasteiger partial charge in [0.25, 0.3) is 5.91 Å². The molecule has 1 aromatic rings. The van der Waals surface area contributed by atoms with Gasteiger partial charge in [-0.05, 0) is 19.3 Å². The molecule has 0 spiro atoms. The molecule has 2 heterocycles. The van der Waals surface area contributed by atoms with Gasteiger partial charge in [0.05, 0.1) is 11.8 Å². The van der Waals surface area contributed by atoms with Gasteiger partial charge in [-0.1, -0.05) is 6.92 Å². The summed E-state index contributed by atoms with van der Waals surface area (Å²) in [5, 5.41) is 8.80. The molecule has 1 N–H and O–H groups in total. The summed E-state index contributed by atoms with van der Waals surface area (Å²) in [6.07, 6.45) is 2.19. The lowest BCUT2D eigenvalue weighted by Crippen LogP contribution is -2.29. The maximum atomic E-state index is 12.3. The van der Waals surface area contributed by atoms with Crippen LogP contribution in [0.15, 0.2) is 10.7 Å². The minimum absolute atomic E-state index is 0.109. The van der Waals surface area contributed by atoms with Gasteiger partial charge in [0.15, 0.2) is 0 Å². The number of amides is 1. The van der Waals surface area contributed by atoms with Crippen molar-refractivity contribution in [2.45, 2.75) is 26.7 Å². The van der Waals surface area contributed by atoms with Crippen LogP contribution in [0.3, 0.4) is 0 Å². The second-order valence-electron chi connectivity index (χ2n) is 4.93. The molecular weight excluding hydrogens is 234 g/mol. The molecule has 1 aliphatic heterocycles.